The number of rotatable bonds is 1. The van der Waals surface area contributed by atoms with Gasteiger partial charge in [-0.25, -0.2) is 0 Å². The van der Waals surface area contributed by atoms with E-state index in [2.05, 4.69) is 60.0 Å². The Kier molecular flexibility index (Phi) is 3.01. The van der Waals surface area contributed by atoms with E-state index in [4.69, 9.17) is 8.83 Å². The van der Waals surface area contributed by atoms with E-state index in [9.17, 15) is 0 Å². The van der Waals surface area contributed by atoms with Crippen LogP contribution in [0, 0.1) is 6.92 Å². The fraction of sp³-hybridized carbons (Fsp3) is 0.0800. The maximum Gasteiger partial charge on any atom is 0.249 e. The smallest absolute Gasteiger partial charge is 0.249 e. The van der Waals surface area contributed by atoms with Gasteiger partial charge in [-0.15, -0.1) is 0 Å². The Balaban J connectivity index is 1.68. The molecule has 6 rings (SSSR count). The molecule has 0 N–H and O–H groups in total. The molecule has 3 heterocycles. The highest BCUT2D eigenvalue weighted by molar-refractivity contribution is 6.10. The second-order valence-corrected chi connectivity index (χ2v) is 7.40. The van der Waals surface area contributed by atoms with Gasteiger partial charge < -0.3 is 8.83 Å². The zero-order valence-electron chi connectivity index (χ0n) is 15.7. The molecule has 6 aromatic rings. The monoisotopic (exact) mass is 364 g/mol. The topological polar surface area (TPSA) is 30.2 Å². The zero-order valence-corrected chi connectivity index (χ0v) is 15.7. The SMILES string of the molecule is Cc1c(-c2cc3c(c[n+]2C)oc2cc4ccccc4cc23)oc2ccccc12. The molecule has 0 fully saturated rings. The van der Waals surface area contributed by atoms with Gasteiger partial charge in [-0.2, -0.15) is 4.57 Å². The van der Waals surface area contributed by atoms with Crippen LogP contribution in [0.2, 0.25) is 0 Å². The summed E-state index contributed by atoms with van der Waals surface area (Å²) in [5, 5.41) is 5.79. The maximum absolute atomic E-state index is 6.22. The molecular weight excluding hydrogens is 346 g/mol. The average molecular weight is 364 g/mol. The van der Waals surface area contributed by atoms with Gasteiger partial charge in [0.2, 0.25) is 17.7 Å². The highest BCUT2D eigenvalue weighted by Crippen LogP contribution is 2.36. The number of aryl methyl sites for hydroxylation is 2. The fourth-order valence-electron chi connectivity index (χ4n) is 4.19. The van der Waals surface area contributed by atoms with Crippen molar-refractivity contribution in [3.8, 4) is 11.5 Å². The quantitative estimate of drug-likeness (QED) is 0.321. The first kappa shape index (κ1) is 15.5. The van der Waals surface area contributed by atoms with Crippen molar-refractivity contribution in [2.24, 2.45) is 7.05 Å². The normalized spacial score (nSPS) is 11.9. The first-order chi connectivity index (χ1) is 13.7. The summed E-state index contributed by atoms with van der Waals surface area (Å²) in [4.78, 5) is 0. The number of fused-ring (bicyclic) bond motifs is 5. The molecule has 0 spiro atoms. The Morgan fingerprint density at radius 1 is 0.679 bits per heavy atom. The minimum Gasteiger partial charge on any atom is -0.450 e. The lowest BCUT2D eigenvalue weighted by molar-refractivity contribution is -0.659. The second kappa shape index (κ2) is 5.46. The minimum absolute atomic E-state index is 0.880. The number of pyridine rings is 1. The Bertz CT molecular complexity index is 1530. The third-order valence-electron chi connectivity index (χ3n) is 5.67. The second-order valence-electron chi connectivity index (χ2n) is 7.40. The molecule has 0 saturated carbocycles. The molecule has 0 radical (unpaired) electrons. The molecule has 28 heavy (non-hydrogen) atoms. The van der Waals surface area contributed by atoms with Gasteiger partial charge in [0.25, 0.3) is 0 Å². The van der Waals surface area contributed by atoms with E-state index in [1.807, 2.05) is 31.4 Å². The number of hydrogen-bond donors (Lipinski definition) is 0. The summed E-state index contributed by atoms with van der Waals surface area (Å²) in [6.07, 6.45) is 2.04. The molecule has 0 bridgehead atoms. The molecule has 0 saturated heterocycles. The number of para-hydroxylation sites is 1. The van der Waals surface area contributed by atoms with Crippen molar-refractivity contribution >= 4 is 43.7 Å². The third kappa shape index (κ3) is 2.07. The first-order valence-electron chi connectivity index (χ1n) is 9.42. The molecule has 3 nitrogen and oxygen atoms in total. The van der Waals surface area contributed by atoms with Crippen LogP contribution in [-0.4, -0.2) is 0 Å². The number of aromatic nitrogens is 1. The summed E-state index contributed by atoms with van der Waals surface area (Å²) in [7, 11) is 2.03. The number of benzene rings is 3. The summed E-state index contributed by atoms with van der Waals surface area (Å²) in [5.74, 6) is 0.903. The molecular formula is C25H18NO2+. The lowest BCUT2D eigenvalue weighted by atomic mass is 10.1. The summed E-state index contributed by atoms with van der Waals surface area (Å²) < 4.78 is 14.5. The lowest BCUT2D eigenvalue weighted by Gasteiger charge is -1.99. The predicted molar refractivity (Wildman–Crippen MR) is 112 cm³/mol. The van der Waals surface area contributed by atoms with Crippen molar-refractivity contribution in [2.75, 3.05) is 0 Å². The summed E-state index contributed by atoms with van der Waals surface area (Å²) in [5.41, 5.74) is 4.90. The van der Waals surface area contributed by atoms with E-state index in [1.165, 1.54) is 10.8 Å². The third-order valence-corrected chi connectivity index (χ3v) is 5.67. The zero-order chi connectivity index (χ0) is 18.8. The van der Waals surface area contributed by atoms with Crippen molar-refractivity contribution < 1.29 is 13.4 Å². The fourth-order valence-corrected chi connectivity index (χ4v) is 4.19. The van der Waals surface area contributed by atoms with Crippen LogP contribution in [0.25, 0.3) is 55.1 Å². The van der Waals surface area contributed by atoms with Crippen molar-refractivity contribution in [3.05, 3.63) is 78.5 Å². The predicted octanol–water partition coefficient (Wildman–Crippen LogP) is 6.29. The van der Waals surface area contributed by atoms with Gasteiger partial charge in [0.15, 0.2) is 5.58 Å². The van der Waals surface area contributed by atoms with E-state index < -0.39 is 0 Å². The molecule has 3 aromatic carbocycles. The van der Waals surface area contributed by atoms with Crippen LogP contribution >= 0.6 is 0 Å². The van der Waals surface area contributed by atoms with E-state index in [1.54, 1.807) is 0 Å². The molecule has 0 aliphatic rings. The van der Waals surface area contributed by atoms with Crippen LogP contribution in [-0.2, 0) is 7.05 Å². The highest BCUT2D eigenvalue weighted by atomic mass is 16.3. The van der Waals surface area contributed by atoms with Gasteiger partial charge in [-0.05, 0) is 35.9 Å². The Morgan fingerprint density at radius 3 is 2.21 bits per heavy atom. The molecule has 0 aliphatic carbocycles. The molecule has 3 heteroatoms. The van der Waals surface area contributed by atoms with Crippen LogP contribution in [0.5, 0.6) is 0 Å². The van der Waals surface area contributed by atoms with Gasteiger partial charge in [0.05, 0.1) is 0 Å². The maximum atomic E-state index is 6.22. The van der Waals surface area contributed by atoms with Crippen LogP contribution in [0.3, 0.4) is 0 Å². The van der Waals surface area contributed by atoms with E-state index in [0.717, 1.165) is 49.9 Å². The summed E-state index contributed by atoms with van der Waals surface area (Å²) in [6.45, 7) is 2.12. The molecule has 0 atom stereocenters. The van der Waals surface area contributed by atoms with Crippen molar-refractivity contribution in [2.45, 2.75) is 6.92 Å². The average Bonchev–Trinajstić information content (AvgIpc) is 3.22. The van der Waals surface area contributed by atoms with Crippen LogP contribution in [0.4, 0.5) is 0 Å². The van der Waals surface area contributed by atoms with Gasteiger partial charge in [-0.3, -0.25) is 0 Å². The summed E-state index contributed by atoms with van der Waals surface area (Å²) in [6, 6.07) is 23.1. The molecule has 3 aromatic heterocycles. The van der Waals surface area contributed by atoms with E-state index in [-0.39, 0.29) is 0 Å². The van der Waals surface area contributed by atoms with Crippen LogP contribution in [0.1, 0.15) is 5.56 Å². The van der Waals surface area contributed by atoms with Crippen molar-refractivity contribution in [1.82, 2.24) is 0 Å². The van der Waals surface area contributed by atoms with Crippen molar-refractivity contribution in [1.29, 1.82) is 0 Å². The standard InChI is InChI=1S/C25H18NO2/c1-15-18-9-5-6-10-22(18)28-25(15)21-13-20-19-11-16-7-3-4-8-17(16)12-23(19)27-24(20)14-26(21)2/h3-14H,1-2H3/q+1. The molecule has 0 amide bonds. The minimum atomic E-state index is 0.880. The number of furan rings is 2. The first-order valence-corrected chi connectivity index (χ1v) is 9.42. The van der Waals surface area contributed by atoms with Crippen LogP contribution < -0.4 is 4.57 Å². The van der Waals surface area contributed by atoms with E-state index in [0.29, 0.717) is 0 Å². The molecule has 0 unspecified atom stereocenters. The molecule has 0 aliphatic heterocycles. The Morgan fingerprint density at radius 2 is 1.39 bits per heavy atom. The molecule has 134 valence electrons. The Labute approximate surface area is 161 Å². The lowest BCUT2D eigenvalue weighted by Crippen LogP contribution is -2.30. The summed E-state index contributed by atoms with van der Waals surface area (Å²) >= 11 is 0. The number of nitrogens with zero attached hydrogens (tertiary/aromatic N) is 1. The van der Waals surface area contributed by atoms with Gasteiger partial charge in [0, 0.05) is 27.8 Å². The Hall–Kier alpha value is -3.59. The number of hydrogen-bond acceptors (Lipinski definition) is 2. The van der Waals surface area contributed by atoms with Gasteiger partial charge >= 0.3 is 0 Å². The van der Waals surface area contributed by atoms with Gasteiger partial charge in [0.1, 0.15) is 18.2 Å². The highest BCUT2D eigenvalue weighted by Gasteiger charge is 2.22. The van der Waals surface area contributed by atoms with Gasteiger partial charge in [-0.1, -0.05) is 42.5 Å². The largest absolute Gasteiger partial charge is 0.450 e. The van der Waals surface area contributed by atoms with Crippen molar-refractivity contribution in [3.63, 3.8) is 0 Å². The van der Waals surface area contributed by atoms with E-state index >= 15 is 0 Å². The van der Waals surface area contributed by atoms with Crippen LogP contribution in [0.15, 0.2) is 81.8 Å².